The van der Waals surface area contributed by atoms with Gasteiger partial charge in [-0.2, -0.15) is 15.3 Å². The number of nitrogens with two attached hydrogens (primary N) is 1. The highest BCUT2D eigenvalue weighted by Gasteiger charge is 2.28. The van der Waals surface area contributed by atoms with E-state index < -0.39 is 11.7 Å². The van der Waals surface area contributed by atoms with Gasteiger partial charge in [-0.05, 0) is 168 Å². The fourth-order valence-corrected chi connectivity index (χ4v) is 10.6. The van der Waals surface area contributed by atoms with Crippen LogP contribution in [-0.4, -0.2) is 96.6 Å². The Morgan fingerprint density at radius 3 is 1.38 bits per heavy atom. The molecule has 0 radical (unpaired) electrons. The van der Waals surface area contributed by atoms with Crippen molar-refractivity contribution in [1.29, 1.82) is 0 Å². The molecule has 3 aliphatic rings. The van der Waals surface area contributed by atoms with Gasteiger partial charge in [0.2, 0.25) is 0 Å². The number of nitrogens with one attached hydrogen (secondary N) is 6. The van der Waals surface area contributed by atoms with Gasteiger partial charge < -0.3 is 37.6 Å². The van der Waals surface area contributed by atoms with Gasteiger partial charge in [-0.1, -0.05) is 37.3 Å². The number of carbonyl (C=O) groups excluding carboxylic acids is 6. The van der Waals surface area contributed by atoms with E-state index in [1.165, 1.54) is 37.3 Å². The number of halogens is 1. The average molecular weight is 1240 g/mol. The van der Waals surface area contributed by atoms with Crippen LogP contribution in [0, 0.1) is 59.2 Å². The van der Waals surface area contributed by atoms with E-state index in [4.69, 9.17) is 5.73 Å². The van der Waals surface area contributed by atoms with Crippen LogP contribution < -0.4 is 37.6 Å². The lowest BCUT2D eigenvalue weighted by Gasteiger charge is -2.12. The number of ketones is 2. The number of anilines is 6. The molecule has 4 amide bonds. The molecule has 0 aliphatic heterocycles. The predicted octanol–water partition coefficient (Wildman–Crippen LogP) is 10.8. The van der Waals surface area contributed by atoms with Crippen LogP contribution in [0.4, 0.5) is 38.9 Å². The molecule has 0 saturated heterocycles. The van der Waals surface area contributed by atoms with Crippen LogP contribution in [0.2, 0.25) is 0 Å². The number of hydrogen-bond acceptors (Lipinski definition) is 16. The molecular weight excluding hydrogens is 1170 g/mol. The number of rotatable bonds is 21. The molecular formula is C68H72FN17O6. The summed E-state index contributed by atoms with van der Waals surface area (Å²) in [5.41, 5.74) is 18.5. The number of pyridine rings is 1. The van der Waals surface area contributed by atoms with E-state index in [0.29, 0.717) is 104 Å². The molecule has 3 fully saturated rings. The zero-order chi connectivity index (χ0) is 64.9. The highest BCUT2D eigenvalue weighted by atomic mass is 19.1. The number of aryl methyl sites for hydroxylation is 6. The highest BCUT2D eigenvalue weighted by molar-refractivity contribution is 6.02. The van der Waals surface area contributed by atoms with Crippen molar-refractivity contribution < 1.29 is 33.2 Å². The SMILES string of the molecule is CCCNC(=O)c1cn2ncnc(Nc3cc(C(=O)CC4CC4)ccc3C)c2c1C.Cc1ccc(C(=O)CC2CC2)cc1Nc1ncnn2cc(C(N)=O)c(C)c12.Cc1ccc(C(=O)NC2CC2)cc1Nc1ncnn2cc(C(=O)NCc3ncccc3F)c(C)c12. The maximum Gasteiger partial charge on any atom is 0.253 e. The number of hydrogen-bond donors (Lipinski definition) is 7. The Morgan fingerprint density at radius 1 is 0.533 bits per heavy atom. The second-order valence-electron chi connectivity index (χ2n) is 23.8. The van der Waals surface area contributed by atoms with Gasteiger partial charge >= 0.3 is 0 Å². The van der Waals surface area contributed by atoms with Crippen LogP contribution in [-0.2, 0) is 6.54 Å². The molecule has 0 unspecified atom stereocenters. The van der Waals surface area contributed by atoms with Crippen molar-refractivity contribution in [3.8, 4) is 0 Å². The molecule has 13 rings (SSSR count). The first-order valence-electron chi connectivity index (χ1n) is 30.8. The Balaban J connectivity index is 0.000000143. The predicted molar refractivity (Wildman–Crippen MR) is 347 cm³/mol. The molecule has 24 heteroatoms. The molecule has 0 spiro atoms. The molecule has 10 aromatic rings. The summed E-state index contributed by atoms with van der Waals surface area (Å²) in [6, 6.07) is 19.9. The topological polar surface area (TPSA) is 304 Å². The van der Waals surface area contributed by atoms with Gasteiger partial charge in [-0.25, -0.2) is 32.9 Å². The quantitative estimate of drug-likeness (QED) is 0.0329. The zero-order valence-electron chi connectivity index (χ0n) is 52.3. The van der Waals surface area contributed by atoms with E-state index in [-0.39, 0.29) is 47.6 Å². The average Bonchev–Trinajstić information content (AvgIpc) is 1.64. The normalized spacial score (nSPS) is 13.3. The Labute approximate surface area is 529 Å². The minimum atomic E-state index is -0.507. The van der Waals surface area contributed by atoms with E-state index >= 15 is 0 Å². The van der Waals surface area contributed by atoms with Crippen LogP contribution in [0.5, 0.6) is 0 Å². The number of primary amides is 1. The molecule has 0 bridgehead atoms. The van der Waals surface area contributed by atoms with E-state index in [0.717, 1.165) is 89.8 Å². The summed E-state index contributed by atoms with van der Waals surface area (Å²) >= 11 is 0. The lowest BCUT2D eigenvalue weighted by atomic mass is 10.0. The highest BCUT2D eigenvalue weighted by Crippen LogP contribution is 2.37. The fourth-order valence-electron chi connectivity index (χ4n) is 10.6. The largest absolute Gasteiger partial charge is 0.366 e. The molecule has 0 atom stereocenters. The molecule has 7 heterocycles. The molecule has 3 saturated carbocycles. The number of aromatic nitrogens is 10. The lowest BCUT2D eigenvalue weighted by molar-refractivity contribution is 0.0942. The summed E-state index contributed by atoms with van der Waals surface area (Å²) in [6.07, 6.45) is 19.4. The lowest BCUT2D eigenvalue weighted by Crippen LogP contribution is -2.25. The van der Waals surface area contributed by atoms with E-state index in [1.807, 2.05) is 84.0 Å². The first-order valence-corrected chi connectivity index (χ1v) is 30.8. The van der Waals surface area contributed by atoms with Gasteiger partial charge in [0.1, 0.15) is 41.3 Å². The second-order valence-corrected chi connectivity index (χ2v) is 23.8. The Hall–Kier alpha value is -10.8. The monoisotopic (exact) mass is 1240 g/mol. The number of benzene rings is 3. The second kappa shape index (κ2) is 27.1. The van der Waals surface area contributed by atoms with Crippen molar-refractivity contribution in [2.24, 2.45) is 17.6 Å². The maximum absolute atomic E-state index is 13.9. The smallest absolute Gasteiger partial charge is 0.253 e. The summed E-state index contributed by atoms with van der Waals surface area (Å²) in [5, 5.41) is 31.2. The first-order chi connectivity index (χ1) is 44.3. The minimum absolute atomic E-state index is 0.0389. The zero-order valence-corrected chi connectivity index (χ0v) is 52.3. The third-order valence-corrected chi connectivity index (χ3v) is 16.7. The molecule has 3 aromatic carbocycles. The molecule has 3 aliphatic carbocycles. The fraction of sp³-hybridized carbons (Fsp3) is 0.309. The number of fused-ring (bicyclic) bond motifs is 3. The summed E-state index contributed by atoms with van der Waals surface area (Å²) < 4.78 is 18.7. The van der Waals surface area contributed by atoms with Crippen molar-refractivity contribution in [2.75, 3.05) is 22.5 Å². The summed E-state index contributed by atoms with van der Waals surface area (Å²) in [6.45, 7) is 14.0. The van der Waals surface area contributed by atoms with Crippen LogP contribution in [0.1, 0.15) is 166 Å². The van der Waals surface area contributed by atoms with Gasteiger partial charge in [0, 0.05) is 84.0 Å². The van der Waals surface area contributed by atoms with Gasteiger partial charge in [-0.3, -0.25) is 33.8 Å². The standard InChI is InChI=1S/C25H24FN7O2.C23H27N5O2.C20H21N5O2/c1-14-5-6-16(24(34)31-17-7-8-17)10-20(14)32-23-22-15(2)18(12-33(22)30-13-29-23)25(35)28-11-21-19(26)4-3-9-27-21;1-4-9-24-23(30)18-12-28-21(15(18)3)22(25-13-26-28)27-19-11-17(8-5-14(19)2)20(29)10-16-6-7-16;1-11-3-6-14(17(26)7-13-4-5-13)8-16(11)24-20-18-12(2)15(19(21)27)9-25(18)23-10-22-20/h3-6,9-10,12-13,17H,7-8,11H2,1-2H3,(H,28,35)(H,31,34)(H,29,30,32);5,8,11-13,16H,4,6-7,9-10H2,1-3H3,(H,24,30)(H,25,26,27);3,6,8-10,13H,4-5,7H2,1-2H3,(H2,21,27)(H,22,23,24). The maximum atomic E-state index is 13.9. The molecule has 23 nitrogen and oxygen atoms in total. The molecule has 7 aromatic heterocycles. The third-order valence-electron chi connectivity index (χ3n) is 16.7. The number of nitrogens with zero attached hydrogens (tertiary/aromatic N) is 10. The Bertz CT molecular complexity index is 4520. The Morgan fingerprint density at radius 2 is 0.957 bits per heavy atom. The van der Waals surface area contributed by atoms with E-state index in [1.54, 1.807) is 51.2 Å². The number of amides is 4. The van der Waals surface area contributed by atoms with Crippen molar-refractivity contribution in [1.82, 2.24) is 64.7 Å². The summed E-state index contributed by atoms with van der Waals surface area (Å²) in [4.78, 5) is 91.6. The van der Waals surface area contributed by atoms with Crippen LogP contribution in [0.15, 0.2) is 110 Å². The third kappa shape index (κ3) is 14.4. The van der Waals surface area contributed by atoms with Crippen molar-refractivity contribution in [3.63, 3.8) is 0 Å². The number of Topliss-reactive ketones (excluding diaryl/α,β-unsaturated/α-hetero) is 2. The summed E-state index contributed by atoms with van der Waals surface area (Å²) in [5.74, 6) is 1.53. The number of carbonyl (C=O) groups is 6. The van der Waals surface area contributed by atoms with E-state index in [9.17, 15) is 33.2 Å². The van der Waals surface area contributed by atoms with Gasteiger partial charge in [0.15, 0.2) is 29.0 Å². The van der Waals surface area contributed by atoms with Crippen LogP contribution in [0.3, 0.4) is 0 Å². The van der Waals surface area contributed by atoms with E-state index in [2.05, 4.69) is 67.1 Å². The van der Waals surface area contributed by atoms with Crippen molar-refractivity contribution >= 4 is 86.3 Å². The molecule has 8 N–H and O–H groups in total. The molecule has 92 heavy (non-hydrogen) atoms. The Kier molecular flexibility index (Phi) is 18.5. The molecule has 472 valence electrons. The van der Waals surface area contributed by atoms with Gasteiger partial charge in [0.25, 0.3) is 23.6 Å². The van der Waals surface area contributed by atoms with Crippen molar-refractivity contribution in [2.45, 2.75) is 119 Å². The summed E-state index contributed by atoms with van der Waals surface area (Å²) in [7, 11) is 0. The van der Waals surface area contributed by atoms with Crippen LogP contribution >= 0.6 is 0 Å². The van der Waals surface area contributed by atoms with Gasteiger partial charge in [-0.15, -0.1) is 0 Å². The van der Waals surface area contributed by atoms with Crippen LogP contribution in [0.25, 0.3) is 16.6 Å². The minimum Gasteiger partial charge on any atom is -0.366 e. The van der Waals surface area contributed by atoms with Crippen molar-refractivity contribution in [3.05, 3.63) is 189 Å². The first kappa shape index (κ1) is 62.8. The van der Waals surface area contributed by atoms with Gasteiger partial charge in [0.05, 0.1) is 28.9 Å².